The molecule has 0 amide bonds. The van der Waals surface area contributed by atoms with E-state index in [0.717, 1.165) is 0 Å². The van der Waals surface area contributed by atoms with Crippen LogP contribution in [-0.4, -0.2) is 49.4 Å². The van der Waals surface area contributed by atoms with E-state index < -0.39 is 29.2 Å². The lowest BCUT2D eigenvalue weighted by Crippen LogP contribution is -2.43. The molecule has 112 valence electrons. The lowest BCUT2D eigenvalue weighted by molar-refractivity contribution is -0.0797. The summed E-state index contributed by atoms with van der Waals surface area (Å²) in [5, 5.41) is 24.4. The predicted octanol–water partition coefficient (Wildman–Crippen LogP) is -1.60. The highest BCUT2D eigenvalue weighted by molar-refractivity contribution is 5.75. The van der Waals surface area contributed by atoms with E-state index in [0.29, 0.717) is 0 Å². The number of hydrogen-bond donors (Lipinski definition) is 4. The Kier molecular flexibility index (Phi) is 2.18. The summed E-state index contributed by atoms with van der Waals surface area (Å²) in [5.41, 5.74) is 3.25. The molecule has 2 aromatic rings. The molecule has 2 saturated heterocycles. The number of aliphatic hydroxyl groups is 2. The fourth-order valence-electron chi connectivity index (χ4n) is 2.65. The molecule has 10 heteroatoms. The number of anilines is 1. The van der Waals surface area contributed by atoms with E-state index in [1.165, 1.54) is 6.92 Å². The van der Waals surface area contributed by atoms with E-state index in [9.17, 15) is 15.0 Å². The van der Waals surface area contributed by atoms with Gasteiger partial charge in [0.05, 0.1) is 0 Å². The molecule has 0 aliphatic carbocycles. The number of ether oxygens (including phenoxy) is 2. The number of aromatic nitrogens is 3. The van der Waals surface area contributed by atoms with Crippen molar-refractivity contribution in [3.8, 4) is 0 Å². The van der Waals surface area contributed by atoms with Gasteiger partial charge in [-0.2, -0.15) is 0 Å². The summed E-state index contributed by atoms with van der Waals surface area (Å²) in [4.78, 5) is 17.9. The molecule has 4 atom stereocenters. The quantitative estimate of drug-likeness (QED) is 0.454. The molecule has 4 rings (SSSR count). The van der Waals surface area contributed by atoms with Crippen molar-refractivity contribution in [3.63, 3.8) is 0 Å². The van der Waals surface area contributed by atoms with Gasteiger partial charge in [0.25, 0.3) is 11.1 Å². The first-order valence-corrected chi connectivity index (χ1v) is 6.22. The maximum Gasteiger partial charge on any atom is 0.298 e. The third kappa shape index (κ3) is 1.52. The van der Waals surface area contributed by atoms with Crippen molar-refractivity contribution in [1.29, 1.82) is 0 Å². The van der Waals surface area contributed by atoms with Crippen molar-refractivity contribution in [3.05, 3.63) is 16.0 Å². The molecule has 2 aliphatic rings. The summed E-state index contributed by atoms with van der Waals surface area (Å²) >= 11 is 0. The zero-order chi connectivity index (χ0) is 15.0. The van der Waals surface area contributed by atoms with Crippen LogP contribution in [0.3, 0.4) is 0 Å². The number of H-pyrrole nitrogens is 1. The molecule has 10 nitrogen and oxygen atoms in total. The molecule has 0 radical (unpaired) electrons. The highest BCUT2D eigenvalue weighted by Gasteiger charge is 2.70. The molecule has 1 spiro atoms. The lowest BCUT2D eigenvalue weighted by atomic mass is 9.91. The zero-order valence-electron chi connectivity index (χ0n) is 10.9. The van der Waals surface area contributed by atoms with E-state index in [4.69, 9.17) is 19.7 Å². The molecule has 0 bridgehead atoms. The maximum absolute atomic E-state index is 11.7. The van der Waals surface area contributed by atoms with Gasteiger partial charge in [-0.1, -0.05) is 5.16 Å². The van der Waals surface area contributed by atoms with Gasteiger partial charge in [0.15, 0.2) is 0 Å². The van der Waals surface area contributed by atoms with Crippen LogP contribution < -0.4 is 11.3 Å². The van der Waals surface area contributed by atoms with Crippen LogP contribution in [0.15, 0.2) is 9.32 Å². The number of fused-ring (bicyclic) bond motifs is 1. The van der Waals surface area contributed by atoms with Crippen molar-refractivity contribution in [2.45, 2.75) is 30.5 Å². The number of nitrogen functional groups attached to an aromatic ring is 1. The third-order valence-electron chi connectivity index (χ3n) is 3.87. The van der Waals surface area contributed by atoms with Crippen LogP contribution >= 0.6 is 0 Å². The second-order valence-electron chi connectivity index (χ2n) is 5.42. The summed E-state index contributed by atoms with van der Waals surface area (Å²) in [6.45, 7) is 1.54. The molecule has 2 aliphatic heterocycles. The molecule has 2 fully saturated rings. The number of rotatable bonds is 1. The number of aliphatic hydroxyl groups excluding tert-OH is 1. The second kappa shape index (κ2) is 3.60. The molecule has 0 unspecified atom stereocenters. The normalized spacial score (nSPS) is 38.4. The first kappa shape index (κ1) is 12.7. The van der Waals surface area contributed by atoms with E-state index >= 15 is 0 Å². The number of hydrogen-bond acceptors (Lipinski definition) is 9. The van der Waals surface area contributed by atoms with Crippen molar-refractivity contribution >= 4 is 17.0 Å². The van der Waals surface area contributed by atoms with Gasteiger partial charge in [-0.25, -0.2) is 4.98 Å². The minimum absolute atomic E-state index is 0.0754. The van der Waals surface area contributed by atoms with Gasteiger partial charge in [-0.05, 0) is 6.92 Å². The summed E-state index contributed by atoms with van der Waals surface area (Å²) in [5.74, 6) is -1.36. The largest absolute Gasteiger partial charge is 0.384 e. The lowest BCUT2D eigenvalue weighted by Gasteiger charge is -2.24. The SMILES string of the molecule is C[C@@]1(O)[C@H](O)[C@@]2(CO2)O[C@H]1c1noc2c(=O)[nH]c(N)nc12. The maximum atomic E-state index is 11.7. The van der Waals surface area contributed by atoms with Crippen LogP contribution in [0.4, 0.5) is 5.95 Å². The Labute approximate surface area is 116 Å². The molecule has 5 N–H and O–H groups in total. The summed E-state index contributed by atoms with van der Waals surface area (Å²) < 4.78 is 15.6. The number of nitrogens with two attached hydrogens (primary N) is 1. The van der Waals surface area contributed by atoms with Crippen molar-refractivity contribution in [1.82, 2.24) is 15.1 Å². The highest BCUT2D eigenvalue weighted by Crippen LogP contribution is 2.53. The van der Waals surface area contributed by atoms with Crippen LogP contribution in [0.25, 0.3) is 11.1 Å². The zero-order valence-corrected chi connectivity index (χ0v) is 10.9. The minimum atomic E-state index is -1.68. The number of nitrogens with zero attached hydrogens (tertiary/aromatic N) is 2. The van der Waals surface area contributed by atoms with Gasteiger partial charge in [-0.3, -0.25) is 9.78 Å². The second-order valence-corrected chi connectivity index (χ2v) is 5.42. The first-order valence-electron chi connectivity index (χ1n) is 6.22. The average Bonchev–Trinajstić information content (AvgIpc) is 3.03. The fraction of sp³-hybridized carbons (Fsp3) is 0.545. The van der Waals surface area contributed by atoms with Crippen LogP contribution in [0.2, 0.25) is 0 Å². The summed E-state index contributed by atoms with van der Waals surface area (Å²) in [6, 6.07) is 0. The Hall–Kier alpha value is -2.01. The third-order valence-corrected chi connectivity index (χ3v) is 3.87. The topological polar surface area (TPSA) is 160 Å². The monoisotopic (exact) mass is 296 g/mol. The molecular weight excluding hydrogens is 284 g/mol. The van der Waals surface area contributed by atoms with E-state index in [1.807, 2.05) is 0 Å². The molecule has 2 aromatic heterocycles. The van der Waals surface area contributed by atoms with E-state index in [2.05, 4.69) is 15.1 Å². The van der Waals surface area contributed by atoms with Crippen molar-refractivity contribution in [2.24, 2.45) is 0 Å². The Morgan fingerprint density at radius 2 is 2.24 bits per heavy atom. The van der Waals surface area contributed by atoms with Crippen LogP contribution in [-0.2, 0) is 9.47 Å². The number of nitrogens with one attached hydrogen (secondary N) is 1. The summed E-state index contributed by atoms with van der Waals surface area (Å²) in [6.07, 6.45) is -2.33. The van der Waals surface area contributed by atoms with Crippen molar-refractivity contribution in [2.75, 3.05) is 12.3 Å². The van der Waals surface area contributed by atoms with Gasteiger partial charge in [0, 0.05) is 0 Å². The molecule has 0 aromatic carbocycles. The summed E-state index contributed by atoms with van der Waals surface area (Å²) in [7, 11) is 0. The van der Waals surface area contributed by atoms with Gasteiger partial charge >= 0.3 is 0 Å². The number of epoxide rings is 1. The van der Waals surface area contributed by atoms with Crippen molar-refractivity contribution < 1.29 is 24.2 Å². The highest BCUT2D eigenvalue weighted by atomic mass is 16.8. The van der Waals surface area contributed by atoms with Gasteiger partial charge in [0.2, 0.25) is 11.7 Å². The molecular formula is C11H12N4O6. The Balaban J connectivity index is 1.89. The van der Waals surface area contributed by atoms with Gasteiger partial charge < -0.3 is 29.9 Å². The molecule has 4 heterocycles. The van der Waals surface area contributed by atoms with E-state index in [1.54, 1.807) is 0 Å². The van der Waals surface area contributed by atoms with Gasteiger partial charge in [-0.15, -0.1) is 0 Å². The first-order chi connectivity index (χ1) is 9.85. The Morgan fingerprint density at radius 3 is 2.86 bits per heavy atom. The number of aromatic amines is 1. The fourth-order valence-corrected chi connectivity index (χ4v) is 2.65. The average molecular weight is 296 g/mol. The van der Waals surface area contributed by atoms with Crippen LogP contribution in [0.1, 0.15) is 18.7 Å². The predicted molar refractivity (Wildman–Crippen MR) is 66.0 cm³/mol. The van der Waals surface area contributed by atoms with Crippen LogP contribution in [0, 0.1) is 0 Å². The van der Waals surface area contributed by atoms with E-state index in [-0.39, 0.29) is 29.3 Å². The standard InChI is InChI=1S/C11H12N4O6/c1-10(18)6(20-11(2-19-11)8(10)17)4-3-5(21-15-4)7(16)14-9(12)13-3/h6,8,17-18H,2H2,1H3,(H3,12,13,14,16)/t6-,8-,10-,11+/m0/s1. The Bertz CT molecular complexity index is 792. The smallest absolute Gasteiger partial charge is 0.298 e. The minimum Gasteiger partial charge on any atom is -0.384 e. The Morgan fingerprint density at radius 1 is 1.52 bits per heavy atom. The molecule has 0 saturated carbocycles. The van der Waals surface area contributed by atoms with Crippen LogP contribution in [0.5, 0.6) is 0 Å². The van der Waals surface area contributed by atoms with Gasteiger partial charge in [0.1, 0.15) is 35.6 Å². The molecule has 21 heavy (non-hydrogen) atoms.